The lowest BCUT2D eigenvalue weighted by molar-refractivity contribution is 0.174. The number of benzene rings is 2. The van der Waals surface area contributed by atoms with Crippen LogP contribution in [0.15, 0.2) is 65.6 Å². The molecule has 0 unspecified atom stereocenters. The van der Waals surface area contributed by atoms with Crippen LogP contribution in [-0.2, 0) is 6.42 Å². The Morgan fingerprint density at radius 3 is 2.77 bits per heavy atom. The second-order valence-electron chi connectivity index (χ2n) is 6.17. The van der Waals surface area contributed by atoms with Gasteiger partial charge >= 0.3 is 0 Å². The number of aromatic amines is 1. The fourth-order valence-electron chi connectivity index (χ4n) is 3.18. The third-order valence-electron chi connectivity index (χ3n) is 4.48. The first-order valence-electron chi connectivity index (χ1n) is 8.32. The molecule has 0 fully saturated rings. The first kappa shape index (κ1) is 14.8. The van der Waals surface area contributed by atoms with Gasteiger partial charge in [0.2, 0.25) is 6.79 Å². The Morgan fingerprint density at radius 1 is 1.04 bits per heavy atom. The molecule has 4 aromatic rings. The summed E-state index contributed by atoms with van der Waals surface area (Å²) in [6, 6.07) is 17.2. The van der Waals surface area contributed by atoms with Crippen molar-refractivity contribution in [1.82, 2.24) is 14.6 Å². The first-order valence-corrected chi connectivity index (χ1v) is 8.32. The van der Waals surface area contributed by atoms with E-state index in [0.29, 0.717) is 29.3 Å². The molecule has 128 valence electrons. The summed E-state index contributed by atoms with van der Waals surface area (Å²) in [5.74, 6) is 1.38. The molecule has 0 aliphatic carbocycles. The summed E-state index contributed by atoms with van der Waals surface area (Å²) >= 11 is 0. The molecule has 6 nitrogen and oxygen atoms in total. The molecular formula is C20H15N3O3. The number of H-pyrrole nitrogens is 1. The van der Waals surface area contributed by atoms with Crippen LogP contribution in [0.25, 0.3) is 16.9 Å². The topological polar surface area (TPSA) is 68.6 Å². The minimum atomic E-state index is -0.151. The minimum absolute atomic E-state index is 0.151. The number of hydrogen-bond acceptors (Lipinski definition) is 4. The molecular weight excluding hydrogens is 330 g/mol. The average Bonchev–Trinajstić information content (AvgIpc) is 3.29. The molecule has 0 radical (unpaired) electrons. The Morgan fingerprint density at radius 2 is 1.88 bits per heavy atom. The van der Waals surface area contributed by atoms with Crippen molar-refractivity contribution in [3.05, 3.63) is 82.3 Å². The van der Waals surface area contributed by atoms with Gasteiger partial charge in [-0.05, 0) is 23.8 Å². The maximum atomic E-state index is 12.5. The van der Waals surface area contributed by atoms with Crippen LogP contribution >= 0.6 is 0 Å². The molecule has 1 aliphatic rings. The maximum Gasteiger partial charge on any atom is 0.273 e. The van der Waals surface area contributed by atoms with Crippen molar-refractivity contribution in [2.45, 2.75) is 6.42 Å². The van der Waals surface area contributed by atoms with E-state index in [4.69, 9.17) is 14.5 Å². The van der Waals surface area contributed by atoms with Gasteiger partial charge in [0.05, 0.1) is 5.69 Å². The van der Waals surface area contributed by atoms with Crippen LogP contribution in [-0.4, -0.2) is 21.4 Å². The molecule has 1 aliphatic heterocycles. The lowest BCUT2D eigenvalue weighted by atomic mass is 10.1. The van der Waals surface area contributed by atoms with Gasteiger partial charge in [0.1, 0.15) is 0 Å². The molecule has 5 rings (SSSR count). The van der Waals surface area contributed by atoms with Crippen LogP contribution in [0.4, 0.5) is 0 Å². The highest BCUT2D eigenvalue weighted by Gasteiger charge is 2.16. The second kappa shape index (κ2) is 5.77. The molecule has 0 atom stereocenters. The summed E-state index contributed by atoms with van der Waals surface area (Å²) < 4.78 is 12.2. The Bertz CT molecular complexity index is 1160. The van der Waals surface area contributed by atoms with Crippen molar-refractivity contribution in [3.8, 4) is 22.8 Å². The highest BCUT2D eigenvalue weighted by Crippen LogP contribution is 2.35. The van der Waals surface area contributed by atoms with Crippen LogP contribution in [0.1, 0.15) is 11.1 Å². The van der Waals surface area contributed by atoms with E-state index < -0.39 is 0 Å². The van der Waals surface area contributed by atoms with E-state index in [1.165, 1.54) is 10.6 Å². The zero-order valence-corrected chi connectivity index (χ0v) is 13.8. The Balaban J connectivity index is 1.61. The van der Waals surface area contributed by atoms with Crippen molar-refractivity contribution in [2.75, 3.05) is 6.79 Å². The van der Waals surface area contributed by atoms with E-state index in [9.17, 15) is 4.79 Å². The summed E-state index contributed by atoms with van der Waals surface area (Å²) in [5.41, 5.74) is 4.05. The van der Waals surface area contributed by atoms with Crippen LogP contribution in [0.3, 0.4) is 0 Å². The minimum Gasteiger partial charge on any atom is -0.454 e. The highest BCUT2D eigenvalue weighted by atomic mass is 16.7. The Labute approximate surface area is 148 Å². The molecule has 0 amide bonds. The van der Waals surface area contributed by atoms with E-state index in [2.05, 4.69) is 17.2 Å². The van der Waals surface area contributed by atoms with Crippen molar-refractivity contribution in [1.29, 1.82) is 0 Å². The SMILES string of the molecule is O=c1cc(-c2ccc3c(c2)OCO3)nc2c(Cc3ccccc3)c[nH]n12. The predicted octanol–water partition coefficient (Wildman–Crippen LogP) is 3.01. The monoisotopic (exact) mass is 345 g/mol. The Hall–Kier alpha value is -3.54. The zero-order valence-electron chi connectivity index (χ0n) is 13.8. The van der Waals surface area contributed by atoms with E-state index in [0.717, 1.165) is 16.7 Å². The molecule has 0 saturated heterocycles. The second-order valence-corrected chi connectivity index (χ2v) is 6.17. The van der Waals surface area contributed by atoms with E-state index >= 15 is 0 Å². The van der Waals surface area contributed by atoms with Crippen molar-refractivity contribution in [2.24, 2.45) is 0 Å². The summed E-state index contributed by atoms with van der Waals surface area (Å²) in [4.78, 5) is 17.2. The predicted molar refractivity (Wildman–Crippen MR) is 96.6 cm³/mol. The van der Waals surface area contributed by atoms with Gasteiger partial charge in [-0.15, -0.1) is 0 Å². The van der Waals surface area contributed by atoms with Gasteiger partial charge in [-0.25, -0.2) is 9.50 Å². The van der Waals surface area contributed by atoms with Crippen LogP contribution in [0.5, 0.6) is 11.5 Å². The first-order chi connectivity index (χ1) is 12.8. The highest BCUT2D eigenvalue weighted by molar-refractivity contribution is 5.66. The molecule has 0 bridgehead atoms. The van der Waals surface area contributed by atoms with Gasteiger partial charge in [0, 0.05) is 29.8 Å². The fraction of sp³-hybridized carbons (Fsp3) is 0.100. The number of fused-ring (bicyclic) bond motifs is 2. The molecule has 2 aromatic carbocycles. The number of hydrogen-bond donors (Lipinski definition) is 1. The molecule has 26 heavy (non-hydrogen) atoms. The van der Waals surface area contributed by atoms with Crippen molar-refractivity contribution >= 4 is 5.65 Å². The summed E-state index contributed by atoms with van der Waals surface area (Å²) in [5, 5.41) is 2.99. The lowest BCUT2D eigenvalue weighted by Crippen LogP contribution is -2.14. The third-order valence-corrected chi connectivity index (χ3v) is 4.48. The van der Waals surface area contributed by atoms with Crippen molar-refractivity contribution in [3.63, 3.8) is 0 Å². The quantitative estimate of drug-likeness (QED) is 0.620. The van der Waals surface area contributed by atoms with Gasteiger partial charge in [0.15, 0.2) is 17.1 Å². The molecule has 3 heterocycles. The van der Waals surface area contributed by atoms with Gasteiger partial charge in [-0.1, -0.05) is 30.3 Å². The van der Waals surface area contributed by atoms with E-state index in [-0.39, 0.29) is 12.4 Å². The third kappa shape index (κ3) is 2.43. The van der Waals surface area contributed by atoms with Crippen LogP contribution in [0, 0.1) is 0 Å². The number of aromatic nitrogens is 3. The van der Waals surface area contributed by atoms with E-state index in [1.807, 2.05) is 42.6 Å². The van der Waals surface area contributed by atoms with Crippen molar-refractivity contribution < 1.29 is 9.47 Å². The van der Waals surface area contributed by atoms with Crippen LogP contribution < -0.4 is 15.0 Å². The van der Waals surface area contributed by atoms with Gasteiger partial charge in [-0.2, -0.15) is 0 Å². The normalized spacial score (nSPS) is 12.6. The van der Waals surface area contributed by atoms with Gasteiger partial charge in [-0.3, -0.25) is 9.89 Å². The summed E-state index contributed by atoms with van der Waals surface area (Å²) in [7, 11) is 0. The smallest absolute Gasteiger partial charge is 0.273 e. The van der Waals surface area contributed by atoms with Gasteiger partial charge in [0.25, 0.3) is 5.56 Å². The largest absolute Gasteiger partial charge is 0.454 e. The maximum absolute atomic E-state index is 12.5. The number of ether oxygens (including phenoxy) is 2. The summed E-state index contributed by atoms with van der Waals surface area (Å²) in [6.45, 7) is 0.215. The molecule has 0 saturated carbocycles. The molecule has 6 heteroatoms. The number of nitrogens with one attached hydrogen (secondary N) is 1. The van der Waals surface area contributed by atoms with Crippen LogP contribution in [0.2, 0.25) is 0 Å². The average molecular weight is 345 g/mol. The number of nitrogens with zero attached hydrogens (tertiary/aromatic N) is 2. The standard InChI is InChI=1S/C20H15N3O3/c24-19-10-16(14-6-7-17-18(9-14)26-12-25-17)22-20-15(11-21-23(19)20)8-13-4-2-1-3-5-13/h1-7,9-11,21H,8,12H2. The molecule has 0 spiro atoms. The lowest BCUT2D eigenvalue weighted by Gasteiger charge is -2.04. The molecule has 1 N–H and O–H groups in total. The number of rotatable bonds is 3. The molecule has 2 aromatic heterocycles. The van der Waals surface area contributed by atoms with E-state index in [1.54, 1.807) is 0 Å². The zero-order chi connectivity index (χ0) is 17.5. The Kier molecular flexibility index (Phi) is 3.28. The fourth-order valence-corrected chi connectivity index (χ4v) is 3.18. The van der Waals surface area contributed by atoms with Gasteiger partial charge < -0.3 is 9.47 Å². The summed E-state index contributed by atoms with van der Waals surface area (Å²) in [6.07, 6.45) is 2.53.